The Labute approximate surface area is 155 Å². The summed E-state index contributed by atoms with van der Waals surface area (Å²) < 4.78 is 0. The van der Waals surface area contributed by atoms with Crippen molar-refractivity contribution in [2.24, 2.45) is 0 Å². The number of hydrogen-bond donors (Lipinski definition) is 2. The molecule has 0 fully saturated rings. The van der Waals surface area contributed by atoms with Crippen LogP contribution in [-0.4, -0.2) is 38.4 Å². The van der Waals surface area contributed by atoms with Crippen molar-refractivity contribution in [1.82, 2.24) is 15.1 Å². The molecule has 0 unspecified atom stereocenters. The average molecular weight is 362 g/mol. The summed E-state index contributed by atoms with van der Waals surface area (Å²) in [7, 11) is 0. The van der Waals surface area contributed by atoms with Gasteiger partial charge in [0.2, 0.25) is 0 Å². The van der Waals surface area contributed by atoms with Crippen molar-refractivity contribution >= 4 is 34.3 Å². The van der Waals surface area contributed by atoms with Crippen LogP contribution in [0.15, 0.2) is 42.6 Å². The van der Waals surface area contributed by atoms with Gasteiger partial charge in [0.25, 0.3) is 17.7 Å². The van der Waals surface area contributed by atoms with E-state index in [9.17, 15) is 14.4 Å². The van der Waals surface area contributed by atoms with E-state index in [4.69, 9.17) is 0 Å². The lowest BCUT2D eigenvalue weighted by Gasteiger charge is -2.29. The zero-order valence-corrected chi connectivity index (χ0v) is 15.2. The van der Waals surface area contributed by atoms with E-state index >= 15 is 0 Å². The van der Waals surface area contributed by atoms with E-state index in [1.54, 1.807) is 45.2 Å². The Hall–Kier alpha value is -3.48. The lowest BCUT2D eigenvalue weighted by atomic mass is 10.1. The van der Waals surface area contributed by atoms with Gasteiger partial charge >= 0.3 is 0 Å². The summed E-state index contributed by atoms with van der Waals surface area (Å²) in [6.45, 7) is 5.40. The van der Waals surface area contributed by atoms with Gasteiger partial charge in [-0.3, -0.25) is 24.4 Å². The van der Waals surface area contributed by atoms with Crippen LogP contribution in [0.3, 0.4) is 0 Å². The van der Waals surface area contributed by atoms with Crippen LogP contribution >= 0.6 is 0 Å². The number of anilines is 1. The zero-order valence-electron chi connectivity index (χ0n) is 15.2. The maximum absolute atomic E-state index is 12.7. The number of aromatic nitrogens is 2. The fourth-order valence-corrected chi connectivity index (χ4v) is 3.21. The molecule has 4 rings (SSSR count). The van der Waals surface area contributed by atoms with Gasteiger partial charge in [0.1, 0.15) is 0 Å². The smallest absolute Gasteiger partial charge is 0.262 e. The summed E-state index contributed by atoms with van der Waals surface area (Å²) in [5, 5.41) is 10.5. The van der Waals surface area contributed by atoms with E-state index in [0.29, 0.717) is 16.8 Å². The molecule has 0 aliphatic carbocycles. The highest BCUT2D eigenvalue weighted by atomic mass is 16.2. The van der Waals surface area contributed by atoms with Gasteiger partial charge in [-0.25, -0.2) is 0 Å². The summed E-state index contributed by atoms with van der Waals surface area (Å²) in [5.41, 5.74) is 1.68. The SMILES string of the molecule is CC(C)(C)N1C(=O)c2ccc(C(=O)Nc3ccc4cn[nH]c4c3)cc2C1=O. The van der Waals surface area contributed by atoms with Gasteiger partial charge < -0.3 is 5.32 Å². The van der Waals surface area contributed by atoms with E-state index in [1.165, 1.54) is 17.0 Å². The minimum Gasteiger partial charge on any atom is -0.322 e. The van der Waals surface area contributed by atoms with Gasteiger partial charge in [-0.2, -0.15) is 5.10 Å². The molecule has 2 N–H and O–H groups in total. The summed E-state index contributed by atoms with van der Waals surface area (Å²) in [6, 6.07) is 9.98. The highest BCUT2D eigenvalue weighted by Gasteiger charge is 2.42. The van der Waals surface area contributed by atoms with Crippen LogP contribution in [0.5, 0.6) is 0 Å². The number of benzene rings is 2. The van der Waals surface area contributed by atoms with Crippen LogP contribution in [0.2, 0.25) is 0 Å². The second kappa shape index (κ2) is 5.77. The van der Waals surface area contributed by atoms with Gasteiger partial charge in [-0.05, 0) is 57.2 Å². The number of H-pyrrole nitrogens is 1. The summed E-state index contributed by atoms with van der Waals surface area (Å²) >= 11 is 0. The maximum atomic E-state index is 12.7. The van der Waals surface area contributed by atoms with Gasteiger partial charge in [-0.1, -0.05) is 0 Å². The molecular weight excluding hydrogens is 344 g/mol. The molecule has 2 heterocycles. The molecule has 0 bridgehead atoms. The Morgan fingerprint density at radius 1 is 1.04 bits per heavy atom. The number of aromatic amines is 1. The molecule has 1 aliphatic rings. The van der Waals surface area contributed by atoms with Crippen LogP contribution in [-0.2, 0) is 0 Å². The number of amides is 3. The lowest BCUT2D eigenvalue weighted by Crippen LogP contribution is -2.45. The number of nitrogens with zero attached hydrogens (tertiary/aromatic N) is 2. The lowest BCUT2D eigenvalue weighted by molar-refractivity contribution is 0.0507. The number of hydrogen-bond acceptors (Lipinski definition) is 4. The highest BCUT2D eigenvalue weighted by molar-refractivity contribution is 6.22. The number of imide groups is 1. The van der Waals surface area contributed by atoms with Crippen LogP contribution in [0.1, 0.15) is 51.8 Å². The number of rotatable bonds is 2. The summed E-state index contributed by atoms with van der Waals surface area (Å²) in [6.07, 6.45) is 1.70. The first kappa shape index (κ1) is 17.0. The molecule has 2 aromatic carbocycles. The first-order valence-electron chi connectivity index (χ1n) is 8.53. The zero-order chi connectivity index (χ0) is 19.3. The van der Waals surface area contributed by atoms with Crippen LogP contribution in [0.25, 0.3) is 10.9 Å². The molecule has 3 aromatic rings. The van der Waals surface area contributed by atoms with Crippen LogP contribution < -0.4 is 5.32 Å². The van der Waals surface area contributed by atoms with Crippen molar-refractivity contribution in [3.8, 4) is 0 Å². The van der Waals surface area contributed by atoms with E-state index in [-0.39, 0.29) is 23.3 Å². The van der Waals surface area contributed by atoms with Crippen molar-refractivity contribution in [1.29, 1.82) is 0 Å². The molecular formula is C20H18N4O3. The molecule has 136 valence electrons. The third-order valence-corrected chi connectivity index (χ3v) is 4.52. The second-order valence-electron chi connectivity index (χ2n) is 7.50. The first-order valence-corrected chi connectivity index (χ1v) is 8.53. The second-order valence-corrected chi connectivity index (χ2v) is 7.50. The molecule has 27 heavy (non-hydrogen) atoms. The molecule has 0 atom stereocenters. The van der Waals surface area contributed by atoms with Crippen LogP contribution in [0.4, 0.5) is 5.69 Å². The molecule has 3 amide bonds. The van der Waals surface area contributed by atoms with Gasteiger partial charge in [-0.15, -0.1) is 0 Å². The molecule has 0 saturated carbocycles. The number of nitrogens with one attached hydrogen (secondary N) is 2. The third kappa shape index (κ3) is 2.77. The number of carbonyl (C=O) groups excluding carboxylic acids is 3. The Bertz CT molecular complexity index is 1110. The largest absolute Gasteiger partial charge is 0.322 e. The predicted molar refractivity (Wildman–Crippen MR) is 101 cm³/mol. The predicted octanol–water partition coefficient (Wildman–Crippen LogP) is 3.21. The molecule has 1 aromatic heterocycles. The van der Waals surface area contributed by atoms with E-state index < -0.39 is 5.54 Å². The summed E-state index contributed by atoms with van der Waals surface area (Å²) in [5.74, 6) is -1.07. The third-order valence-electron chi connectivity index (χ3n) is 4.52. The molecule has 1 aliphatic heterocycles. The van der Waals surface area contributed by atoms with Crippen molar-refractivity contribution in [3.05, 3.63) is 59.3 Å². The van der Waals surface area contributed by atoms with E-state index in [0.717, 1.165) is 10.9 Å². The molecule has 0 radical (unpaired) electrons. The Kier molecular flexibility index (Phi) is 3.62. The summed E-state index contributed by atoms with van der Waals surface area (Å²) in [4.78, 5) is 39.0. The number of fused-ring (bicyclic) bond motifs is 2. The molecule has 0 saturated heterocycles. The first-order chi connectivity index (χ1) is 12.8. The van der Waals surface area contributed by atoms with E-state index in [1.807, 2.05) is 6.07 Å². The molecule has 7 nitrogen and oxygen atoms in total. The Morgan fingerprint density at radius 2 is 1.78 bits per heavy atom. The standard InChI is InChI=1S/C20H18N4O3/c1-20(2,3)24-18(26)14-7-5-11(8-15(14)19(24)27)17(25)22-13-6-4-12-10-21-23-16(12)9-13/h4-10H,1-3H3,(H,21,23)(H,22,25). The van der Waals surface area contributed by atoms with E-state index in [2.05, 4.69) is 15.5 Å². The van der Waals surface area contributed by atoms with Crippen molar-refractivity contribution in [2.45, 2.75) is 26.3 Å². The van der Waals surface area contributed by atoms with Crippen LogP contribution in [0, 0.1) is 0 Å². The minimum absolute atomic E-state index is 0.256. The molecule has 7 heteroatoms. The minimum atomic E-state index is -0.630. The van der Waals surface area contributed by atoms with Gasteiger partial charge in [0.15, 0.2) is 0 Å². The topological polar surface area (TPSA) is 95.2 Å². The van der Waals surface area contributed by atoms with Gasteiger partial charge in [0, 0.05) is 22.2 Å². The van der Waals surface area contributed by atoms with Gasteiger partial charge in [0.05, 0.1) is 22.8 Å². The highest BCUT2D eigenvalue weighted by Crippen LogP contribution is 2.30. The van der Waals surface area contributed by atoms with Crippen molar-refractivity contribution < 1.29 is 14.4 Å². The molecule has 0 spiro atoms. The normalized spacial score (nSPS) is 14.0. The van der Waals surface area contributed by atoms with Crippen molar-refractivity contribution in [3.63, 3.8) is 0 Å². The maximum Gasteiger partial charge on any atom is 0.262 e. The fraction of sp³-hybridized carbons (Fsp3) is 0.200. The average Bonchev–Trinajstić information content (AvgIpc) is 3.16. The quantitative estimate of drug-likeness (QED) is 0.684. The number of carbonyl (C=O) groups is 3. The Balaban J connectivity index is 1.63. The fourth-order valence-electron chi connectivity index (χ4n) is 3.21. The Morgan fingerprint density at radius 3 is 2.52 bits per heavy atom. The monoisotopic (exact) mass is 362 g/mol. The van der Waals surface area contributed by atoms with Crippen molar-refractivity contribution in [2.75, 3.05) is 5.32 Å².